The van der Waals surface area contributed by atoms with Gasteiger partial charge in [-0.15, -0.1) is 0 Å². The topological polar surface area (TPSA) is 93.5 Å². The van der Waals surface area contributed by atoms with Crippen LogP contribution in [0.4, 0.5) is 0 Å². The summed E-state index contributed by atoms with van der Waals surface area (Å²) < 4.78 is 4.82. The summed E-state index contributed by atoms with van der Waals surface area (Å²) in [6, 6.07) is 0. The van der Waals surface area contributed by atoms with E-state index >= 15 is 0 Å². The molecule has 0 unspecified atom stereocenters. The molecule has 1 aliphatic heterocycles. The van der Waals surface area contributed by atoms with Gasteiger partial charge >= 0.3 is 0 Å². The van der Waals surface area contributed by atoms with Crippen molar-refractivity contribution in [1.29, 1.82) is 0 Å². The van der Waals surface area contributed by atoms with Gasteiger partial charge in [-0.25, -0.2) is 0 Å². The van der Waals surface area contributed by atoms with Crippen molar-refractivity contribution >= 4 is 0 Å². The van der Waals surface area contributed by atoms with Gasteiger partial charge in [0.1, 0.15) is 36.6 Å². The van der Waals surface area contributed by atoms with E-state index in [4.69, 9.17) is 25.2 Å². The maximum atomic E-state index is 9.13. The molecule has 64 valence electrons. The van der Waals surface area contributed by atoms with Gasteiger partial charge in [0.15, 0.2) is 0 Å². The number of epoxide rings is 1. The Hall–Kier alpha value is -0.200. The average molecular weight is 162 g/mol. The zero-order chi connectivity index (χ0) is 8.17. The van der Waals surface area contributed by atoms with Crippen LogP contribution in [0, 0.1) is 0 Å². The second kappa shape index (κ2) is 2.15. The third kappa shape index (κ3) is 0.896. The van der Waals surface area contributed by atoms with E-state index in [1.54, 1.807) is 0 Å². The zero-order valence-corrected chi connectivity index (χ0v) is 5.66. The molecule has 5 heteroatoms. The molecule has 0 aromatic carbocycles. The minimum absolute atomic E-state index is 0.497. The minimum atomic E-state index is -1.30. The highest BCUT2D eigenvalue weighted by atomic mass is 16.6. The zero-order valence-electron chi connectivity index (χ0n) is 5.66. The second-order valence-electron chi connectivity index (χ2n) is 3.03. The Morgan fingerprint density at radius 3 is 1.36 bits per heavy atom. The van der Waals surface area contributed by atoms with Crippen molar-refractivity contribution in [2.75, 3.05) is 0 Å². The SMILES string of the molecule is O[C@@H]1[C@H](O)[C@@H](O)[C@@H]2O[C@@H]2[C@H]1O. The largest absolute Gasteiger partial charge is 0.387 e. The Labute approximate surface area is 62.8 Å². The quantitative estimate of drug-likeness (QED) is 0.289. The van der Waals surface area contributed by atoms with Crippen LogP contribution < -0.4 is 0 Å². The number of aliphatic hydroxyl groups excluding tert-OH is 4. The lowest BCUT2D eigenvalue weighted by atomic mass is 9.90. The van der Waals surface area contributed by atoms with Gasteiger partial charge in [-0.05, 0) is 0 Å². The van der Waals surface area contributed by atoms with Crippen LogP contribution in [-0.2, 0) is 4.74 Å². The van der Waals surface area contributed by atoms with Crippen LogP contribution in [-0.4, -0.2) is 57.0 Å². The van der Waals surface area contributed by atoms with E-state index in [9.17, 15) is 0 Å². The Balaban J connectivity index is 2.13. The lowest BCUT2D eigenvalue weighted by molar-refractivity contribution is -0.121. The molecule has 0 bridgehead atoms. The van der Waals surface area contributed by atoms with Crippen LogP contribution in [0.5, 0.6) is 0 Å². The number of hydrogen-bond acceptors (Lipinski definition) is 5. The van der Waals surface area contributed by atoms with Crippen LogP contribution in [0.1, 0.15) is 0 Å². The second-order valence-corrected chi connectivity index (χ2v) is 3.03. The van der Waals surface area contributed by atoms with Crippen molar-refractivity contribution in [3.05, 3.63) is 0 Å². The molecular formula is C6H10O5. The van der Waals surface area contributed by atoms with E-state index in [1.165, 1.54) is 0 Å². The molecule has 11 heavy (non-hydrogen) atoms. The molecule has 2 fully saturated rings. The fourth-order valence-corrected chi connectivity index (χ4v) is 1.48. The molecule has 1 heterocycles. The van der Waals surface area contributed by atoms with Crippen molar-refractivity contribution in [3.63, 3.8) is 0 Å². The number of ether oxygens (including phenoxy) is 1. The lowest BCUT2D eigenvalue weighted by Crippen LogP contribution is -2.53. The Morgan fingerprint density at radius 1 is 0.636 bits per heavy atom. The number of hydrogen-bond donors (Lipinski definition) is 4. The smallest absolute Gasteiger partial charge is 0.115 e. The number of rotatable bonds is 0. The maximum absolute atomic E-state index is 9.13. The predicted molar refractivity (Wildman–Crippen MR) is 32.7 cm³/mol. The molecule has 0 spiro atoms. The summed E-state index contributed by atoms with van der Waals surface area (Å²) in [7, 11) is 0. The predicted octanol–water partition coefficient (Wildman–Crippen LogP) is -2.79. The highest BCUT2D eigenvalue weighted by Crippen LogP contribution is 2.37. The maximum Gasteiger partial charge on any atom is 0.115 e. The van der Waals surface area contributed by atoms with Crippen LogP contribution in [0.2, 0.25) is 0 Å². The van der Waals surface area contributed by atoms with Crippen molar-refractivity contribution in [2.24, 2.45) is 0 Å². The summed E-state index contributed by atoms with van der Waals surface area (Å²) in [5.41, 5.74) is 0. The van der Waals surface area contributed by atoms with Gasteiger partial charge in [-0.2, -0.15) is 0 Å². The molecule has 1 saturated carbocycles. The molecule has 1 aliphatic carbocycles. The first-order valence-electron chi connectivity index (χ1n) is 3.50. The summed E-state index contributed by atoms with van der Waals surface area (Å²) >= 11 is 0. The van der Waals surface area contributed by atoms with Crippen molar-refractivity contribution in [3.8, 4) is 0 Å². The molecular weight excluding hydrogens is 152 g/mol. The molecule has 0 amide bonds. The van der Waals surface area contributed by atoms with Crippen LogP contribution in [0.25, 0.3) is 0 Å². The van der Waals surface area contributed by atoms with Crippen molar-refractivity contribution in [2.45, 2.75) is 36.6 Å². The van der Waals surface area contributed by atoms with E-state index in [1.807, 2.05) is 0 Å². The molecule has 0 aromatic heterocycles. The van der Waals surface area contributed by atoms with Crippen LogP contribution in [0.15, 0.2) is 0 Å². The van der Waals surface area contributed by atoms with E-state index in [2.05, 4.69) is 0 Å². The number of fused-ring (bicyclic) bond motifs is 1. The summed E-state index contributed by atoms with van der Waals surface area (Å²) in [5.74, 6) is 0. The van der Waals surface area contributed by atoms with Crippen LogP contribution in [0.3, 0.4) is 0 Å². The minimum Gasteiger partial charge on any atom is -0.387 e. The normalized spacial score (nSPS) is 62.2. The first-order valence-corrected chi connectivity index (χ1v) is 3.50. The van der Waals surface area contributed by atoms with Gasteiger partial charge < -0.3 is 25.2 Å². The molecule has 0 radical (unpaired) electrons. The van der Waals surface area contributed by atoms with Crippen molar-refractivity contribution < 1.29 is 25.2 Å². The average Bonchev–Trinajstić information content (AvgIpc) is 2.76. The van der Waals surface area contributed by atoms with Gasteiger partial charge in [0.25, 0.3) is 0 Å². The fraction of sp³-hybridized carbons (Fsp3) is 1.00. The fourth-order valence-electron chi connectivity index (χ4n) is 1.48. The van der Waals surface area contributed by atoms with E-state index in [-0.39, 0.29) is 0 Å². The van der Waals surface area contributed by atoms with E-state index < -0.39 is 36.6 Å². The number of aliphatic hydroxyl groups is 4. The Kier molecular flexibility index (Phi) is 1.45. The molecule has 1 saturated heterocycles. The van der Waals surface area contributed by atoms with Gasteiger partial charge in [0.2, 0.25) is 0 Å². The highest BCUT2D eigenvalue weighted by Gasteiger charge is 2.59. The Morgan fingerprint density at radius 2 is 1.00 bits per heavy atom. The van der Waals surface area contributed by atoms with Crippen molar-refractivity contribution in [1.82, 2.24) is 0 Å². The molecule has 2 aliphatic rings. The summed E-state index contributed by atoms with van der Waals surface area (Å²) in [6.07, 6.45) is -5.73. The molecule has 2 rings (SSSR count). The third-order valence-electron chi connectivity index (χ3n) is 2.28. The van der Waals surface area contributed by atoms with Gasteiger partial charge in [-0.3, -0.25) is 0 Å². The first-order chi connectivity index (χ1) is 5.13. The summed E-state index contributed by atoms with van der Waals surface area (Å²) in [5, 5.41) is 36.4. The summed E-state index contributed by atoms with van der Waals surface area (Å²) in [4.78, 5) is 0. The van der Waals surface area contributed by atoms with E-state index in [0.29, 0.717) is 0 Å². The Bertz CT molecular complexity index is 154. The highest BCUT2D eigenvalue weighted by molar-refractivity contribution is 5.07. The van der Waals surface area contributed by atoms with Gasteiger partial charge in [0, 0.05) is 0 Å². The van der Waals surface area contributed by atoms with E-state index in [0.717, 1.165) is 0 Å². The molecule has 0 aromatic rings. The molecule has 4 N–H and O–H groups in total. The standard InChI is InChI=1S/C6H10O5/c7-1-2(8)4(10)6-5(11-6)3(1)9/h1-10H/t1-,2+,3+,4-,5-,6+. The molecule has 6 atom stereocenters. The lowest BCUT2D eigenvalue weighted by Gasteiger charge is -2.28. The third-order valence-corrected chi connectivity index (χ3v) is 2.28. The van der Waals surface area contributed by atoms with Crippen LogP contribution >= 0.6 is 0 Å². The van der Waals surface area contributed by atoms with Gasteiger partial charge in [-0.1, -0.05) is 0 Å². The van der Waals surface area contributed by atoms with Gasteiger partial charge in [0.05, 0.1) is 0 Å². The first kappa shape index (κ1) is 7.45. The summed E-state index contributed by atoms with van der Waals surface area (Å²) in [6.45, 7) is 0. The molecule has 5 nitrogen and oxygen atoms in total. The monoisotopic (exact) mass is 162 g/mol.